The van der Waals surface area contributed by atoms with Gasteiger partial charge in [0.1, 0.15) is 11.5 Å². The lowest BCUT2D eigenvalue weighted by Crippen LogP contribution is -2.44. The molecule has 1 aliphatic rings. The molecule has 0 spiro atoms. The molecule has 0 aromatic heterocycles. The van der Waals surface area contributed by atoms with Gasteiger partial charge in [-0.25, -0.2) is 0 Å². The predicted molar refractivity (Wildman–Crippen MR) is 103 cm³/mol. The molecule has 1 aromatic carbocycles. The van der Waals surface area contributed by atoms with Gasteiger partial charge in [-0.05, 0) is 55.2 Å². The molecule has 0 bridgehead atoms. The standard InChI is InChI=1S/C19H29BrN2O3/c1-5-22(6-2)19(23)14-8-7-9-21(12-14)13-15-10-16(20)18(25-4)11-17(15)24-3/h10-11,14H,5-9,12-13H2,1-4H3/t14-/m0/s1. The number of ether oxygens (including phenoxy) is 2. The molecule has 1 aliphatic heterocycles. The van der Waals surface area contributed by atoms with Gasteiger partial charge in [0, 0.05) is 37.8 Å². The molecule has 0 aliphatic carbocycles. The zero-order valence-corrected chi connectivity index (χ0v) is 17.3. The maximum absolute atomic E-state index is 12.7. The highest BCUT2D eigenvalue weighted by Gasteiger charge is 2.28. The lowest BCUT2D eigenvalue weighted by Gasteiger charge is -2.34. The molecule has 1 amide bonds. The summed E-state index contributed by atoms with van der Waals surface area (Å²) in [6, 6.07) is 3.95. The van der Waals surface area contributed by atoms with E-state index in [1.165, 1.54) is 0 Å². The normalized spacial score (nSPS) is 18.0. The third-order valence-corrected chi connectivity index (χ3v) is 5.50. The molecule has 0 N–H and O–H groups in total. The van der Waals surface area contributed by atoms with E-state index in [2.05, 4.69) is 20.8 Å². The number of piperidine rings is 1. The molecule has 1 saturated heterocycles. The van der Waals surface area contributed by atoms with Crippen LogP contribution in [0.25, 0.3) is 0 Å². The Labute approximate surface area is 159 Å². The number of rotatable bonds is 7. The number of carbonyl (C=O) groups excluding carboxylic acids is 1. The van der Waals surface area contributed by atoms with Gasteiger partial charge in [-0.3, -0.25) is 9.69 Å². The highest BCUT2D eigenvalue weighted by molar-refractivity contribution is 9.10. The third-order valence-electron chi connectivity index (χ3n) is 4.88. The van der Waals surface area contributed by atoms with Crippen molar-refractivity contribution < 1.29 is 14.3 Å². The minimum absolute atomic E-state index is 0.0985. The summed E-state index contributed by atoms with van der Waals surface area (Å²) in [5.74, 6) is 1.96. The number of likely N-dealkylation sites (tertiary alicyclic amines) is 1. The summed E-state index contributed by atoms with van der Waals surface area (Å²) in [4.78, 5) is 17.0. The minimum atomic E-state index is 0.0985. The van der Waals surface area contributed by atoms with Crippen LogP contribution >= 0.6 is 15.9 Å². The maximum atomic E-state index is 12.7. The van der Waals surface area contributed by atoms with Crippen LogP contribution in [0, 0.1) is 5.92 Å². The second kappa shape index (κ2) is 9.43. The van der Waals surface area contributed by atoms with Gasteiger partial charge in [-0.1, -0.05) is 0 Å². The lowest BCUT2D eigenvalue weighted by atomic mass is 9.96. The van der Waals surface area contributed by atoms with Gasteiger partial charge in [-0.2, -0.15) is 0 Å². The van der Waals surface area contributed by atoms with Gasteiger partial charge in [-0.15, -0.1) is 0 Å². The summed E-state index contributed by atoms with van der Waals surface area (Å²) in [5, 5.41) is 0. The molecular formula is C19H29BrN2O3. The van der Waals surface area contributed by atoms with Crippen LogP contribution in [0.2, 0.25) is 0 Å². The van der Waals surface area contributed by atoms with E-state index in [1.54, 1.807) is 14.2 Å². The molecule has 5 nitrogen and oxygen atoms in total. The van der Waals surface area contributed by atoms with E-state index in [1.807, 2.05) is 30.9 Å². The van der Waals surface area contributed by atoms with Gasteiger partial charge in [0.2, 0.25) is 5.91 Å². The van der Waals surface area contributed by atoms with E-state index in [-0.39, 0.29) is 11.8 Å². The molecule has 1 fully saturated rings. The average Bonchev–Trinajstić information content (AvgIpc) is 2.63. The predicted octanol–water partition coefficient (Wildman–Crippen LogP) is 3.55. The first-order chi connectivity index (χ1) is 12.0. The monoisotopic (exact) mass is 412 g/mol. The molecule has 0 radical (unpaired) electrons. The highest BCUT2D eigenvalue weighted by atomic mass is 79.9. The summed E-state index contributed by atoms with van der Waals surface area (Å²) in [5.41, 5.74) is 1.10. The van der Waals surface area contributed by atoms with Crippen molar-refractivity contribution in [2.45, 2.75) is 33.2 Å². The lowest BCUT2D eigenvalue weighted by molar-refractivity contribution is -0.137. The molecule has 140 valence electrons. The number of benzene rings is 1. The molecule has 0 unspecified atom stereocenters. The zero-order chi connectivity index (χ0) is 18.4. The van der Waals surface area contributed by atoms with Crippen LogP contribution in [0.5, 0.6) is 11.5 Å². The van der Waals surface area contributed by atoms with E-state index in [0.29, 0.717) is 0 Å². The van der Waals surface area contributed by atoms with E-state index < -0.39 is 0 Å². The van der Waals surface area contributed by atoms with Crippen LogP contribution in [-0.4, -0.2) is 56.1 Å². The number of amides is 1. The van der Waals surface area contributed by atoms with Crippen molar-refractivity contribution in [3.63, 3.8) is 0 Å². The van der Waals surface area contributed by atoms with E-state index in [9.17, 15) is 4.79 Å². The Morgan fingerprint density at radius 2 is 1.92 bits per heavy atom. The number of methoxy groups -OCH3 is 2. The third kappa shape index (κ3) is 4.88. The Morgan fingerprint density at radius 3 is 2.52 bits per heavy atom. The SMILES string of the molecule is CCN(CC)C(=O)[C@H]1CCCN(Cc2cc(Br)c(OC)cc2OC)C1. The van der Waals surface area contributed by atoms with Crippen LogP contribution in [0.15, 0.2) is 16.6 Å². The largest absolute Gasteiger partial charge is 0.496 e. The van der Waals surface area contributed by atoms with Gasteiger partial charge in [0.05, 0.1) is 24.6 Å². The Balaban J connectivity index is 2.10. The quantitative estimate of drug-likeness (QED) is 0.686. The Morgan fingerprint density at radius 1 is 1.24 bits per heavy atom. The molecular weight excluding hydrogens is 384 g/mol. The van der Waals surface area contributed by atoms with Crippen molar-refractivity contribution in [2.24, 2.45) is 5.92 Å². The zero-order valence-electron chi connectivity index (χ0n) is 15.7. The number of carbonyl (C=O) groups is 1. The van der Waals surface area contributed by atoms with Crippen molar-refractivity contribution in [3.8, 4) is 11.5 Å². The summed E-state index contributed by atoms with van der Waals surface area (Å²) in [6.45, 7) is 8.24. The first-order valence-electron chi connectivity index (χ1n) is 8.95. The first kappa shape index (κ1) is 20.0. The summed E-state index contributed by atoms with van der Waals surface area (Å²) < 4.78 is 11.8. The van der Waals surface area contributed by atoms with Crippen LogP contribution in [0.1, 0.15) is 32.3 Å². The van der Waals surface area contributed by atoms with Crippen molar-refractivity contribution >= 4 is 21.8 Å². The molecule has 1 atom stereocenters. The van der Waals surface area contributed by atoms with Crippen molar-refractivity contribution in [3.05, 3.63) is 22.2 Å². The molecule has 25 heavy (non-hydrogen) atoms. The Hall–Kier alpha value is -1.27. The van der Waals surface area contributed by atoms with Gasteiger partial charge in [0.25, 0.3) is 0 Å². The van der Waals surface area contributed by atoms with Crippen LogP contribution in [-0.2, 0) is 11.3 Å². The summed E-state index contributed by atoms with van der Waals surface area (Å²) in [6.07, 6.45) is 2.03. The Bertz CT molecular complexity index is 590. The summed E-state index contributed by atoms with van der Waals surface area (Å²) in [7, 11) is 3.32. The van der Waals surface area contributed by atoms with Crippen LogP contribution < -0.4 is 9.47 Å². The smallest absolute Gasteiger partial charge is 0.226 e. The molecule has 6 heteroatoms. The second-order valence-electron chi connectivity index (χ2n) is 6.38. The number of nitrogens with zero attached hydrogens (tertiary/aromatic N) is 2. The Kier molecular flexibility index (Phi) is 7.56. The first-order valence-corrected chi connectivity index (χ1v) is 9.74. The van der Waals surface area contributed by atoms with Crippen LogP contribution in [0.4, 0.5) is 0 Å². The van der Waals surface area contributed by atoms with Gasteiger partial charge >= 0.3 is 0 Å². The molecule has 2 rings (SSSR count). The van der Waals surface area contributed by atoms with Gasteiger partial charge in [0.15, 0.2) is 0 Å². The summed E-state index contributed by atoms with van der Waals surface area (Å²) >= 11 is 3.55. The van der Waals surface area contributed by atoms with Crippen molar-refractivity contribution in [1.29, 1.82) is 0 Å². The fraction of sp³-hybridized carbons (Fsp3) is 0.632. The topological polar surface area (TPSA) is 42.0 Å². The number of halogens is 1. The van der Waals surface area contributed by atoms with Crippen LogP contribution in [0.3, 0.4) is 0 Å². The van der Waals surface area contributed by atoms with E-state index in [4.69, 9.17) is 9.47 Å². The van der Waals surface area contributed by atoms with Gasteiger partial charge < -0.3 is 14.4 Å². The fourth-order valence-corrected chi connectivity index (χ4v) is 4.03. The second-order valence-corrected chi connectivity index (χ2v) is 7.24. The number of hydrogen-bond acceptors (Lipinski definition) is 4. The minimum Gasteiger partial charge on any atom is -0.496 e. The average molecular weight is 413 g/mol. The maximum Gasteiger partial charge on any atom is 0.226 e. The van der Waals surface area contributed by atoms with E-state index >= 15 is 0 Å². The van der Waals surface area contributed by atoms with Crippen molar-refractivity contribution in [1.82, 2.24) is 9.80 Å². The molecule has 0 saturated carbocycles. The highest BCUT2D eigenvalue weighted by Crippen LogP contribution is 2.34. The molecule has 1 heterocycles. The fourth-order valence-electron chi connectivity index (χ4n) is 3.48. The van der Waals surface area contributed by atoms with Crippen molar-refractivity contribution in [2.75, 3.05) is 40.4 Å². The number of hydrogen-bond donors (Lipinski definition) is 0. The molecule has 1 aromatic rings. The van der Waals surface area contributed by atoms with E-state index in [0.717, 1.165) is 67.1 Å².